The average Bonchev–Trinajstić information content (AvgIpc) is 2.95. The molecule has 0 atom stereocenters. The standard InChI is InChI=1S/C31H33N3O6S/c1-31(2,3)20-10-13-22(14-11-20)41(37,38)34-29(33-21-12-15-27(39-4)28(18-21)40-5)16-17-32-25-19-26(35)23-8-6-7-9-24(23)30(25)36/h6-15,18-19,32H,16-17H2,1-5H3,(H,33,34). The number of amidine groups is 1. The maximum atomic E-state index is 13.3. The third-order valence-corrected chi connectivity index (χ3v) is 7.88. The number of carbonyl (C=O) groups excluding carboxylic acids is 2. The molecule has 0 saturated heterocycles. The molecule has 0 heterocycles. The third-order valence-electron chi connectivity index (χ3n) is 6.56. The van der Waals surface area contributed by atoms with Crippen LogP contribution in [0.1, 0.15) is 53.5 Å². The molecule has 9 nitrogen and oxygen atoms in total. The summed E-state index contributed by atoms with van der Waals surface area (Å²) in [6, 6.07) is 18.3. The molecule has 3 aromatic carbocycles. The lowest BCUT2D eigenvalue weighted by molar-refractivity contribution is 0.0978. The fraction of sp³-hybridized carbons (Fsp3) is 0.258. The maximum Gasteiger partial charge on any atom is 0.283 e. The van der Waals surface area contributed by atoms with Gasteiger partial charge in [-0.25, -0.2) is 0 Å². The molecule has 0 spiro atoms. The number of sulfonamides is 1. The zero-order valence-electron chi connectivity index (χ0n) is 23.6. The Bertz CT molecular complexity index is 1630. The minimum Gasteiger partial charge on any atom is -0.493 e. The van der Waals surface area contributed by atoms with Gasteiger partial charge in [-0.1, -0.05) is 57.2 Å². The highest BCUT2D eigenvalue weighted by Gasteiger charge is 2.25. The third kappa shape index (κ3) is 6.83. The van der Waals surface area contributed by atoms with Gasteiger partial charge in [-0.2, -0.15) is 8.42 Å². The molecule has 3 aromatic rings. The van der Waals surface area contributed by atoms with Gasteiger partial charge in [0.05, 0.1) is 24.8 Å². The quantitative estimate of drug-likeness (QED) is 0.266. The molecule has 4 rings (SSSR count). The van der Waals surface area contributed by atoms with E-state index in [0.29, 0.717) is 28.3 Å². The molecule has 10 heteroatoms. The molecule has 1 aliphatic carbocycles. The van der Waals surface area contributed by atoms with Gasteiger partial charge < -0.3 is 20.1 Å². The van der Waals surface area contributed by atoms with Crippen molar-refractivity contribution in [3.05, 3.63) is 95.2 Å². The van der Waals surface area contributed by atoms with E-state index in [0.717, 1.165) is 5.56 Å². The first kappa shape index (κ1) is 29.5. The van der Waals surface area contributed by atoms with Crippen molar-refractivity contribution in [3.8, 4) is 11.5 Å². The Kier molecular flexibility index (Phi) is 8.63. The second-order valence-electron chi connectivity index (χ2n) is 10.5. The summed E-state index contributed by atoms with van der Waals surface area (Å²) < 4.78 is 41.4. The van der Waals surface area contributed by atoms with Crippen LogP contribution in [-0.4, -0.2) is 46.6 Å². The molecule has 214 valence electrons. The summed E-state index contributed by atoms with van der Waals surface area (Å²) in [5.74, 6) is 0.503. The van der Waals surface area contributed by atoms with Gasteiger partial charge in [0.1, 0.15) is 5.84 Å². The highest BCUT2D eigenvalue weighted by molar-refractivity contribution is 7.90. The monoisotopic (exact) mass is 575 g/mol. The lowest BCUT2D eigenvalue weighted by Gasteiger charge is -2.19. The number of rotatable bonds is 9. The van der Waals surface area contributed by atoms with Crippen LogP contribution in [0, 0.1) is 0 Å². The largest absolute Gasteiger partial charge is 0.493 e. The predicted octanol–water partition coefficient (Wildman–Crippen LogP) is 5.14. The van der Waals surface area contributed by atoms with Gasteiger partial charge in [-0.3, -0.25) is 9.59 Å². The Morgan fingerprint density at radius 3 is 2.17 bits per heavy atom. The van der Waals surface area contributed by atoms with Gasteiger partial charge in [0.2, 0.25) is 5.78 Å². The van der Waals surface area contributed by atoms with Crippen molar-refractivity contribution in [3.63, 3.8) is 0 Å². The summed E-state index contributed by atoms with van der Waals surface area (Å²) in [7, 11) is -1.06. The molecule has 0 aromatic heterocycles. The van der Waals surface area contributed by atoms with E-state index in [1.54, 1.807) is 66.7 Å². The highest BCUT2D eigenvalue weighted by Crippen LogP contribution is 2.30. The number of allylic oxidation sites excluding steroid dienone is 2. The number of hydrogen-bond acceptors (Lipinski definition) is 7. The second kappa shape index (κ2) is 12.0. The minimum atomic E-state index is -4.08. The molecule has 0 unspecified atom stereocenters. The average molecular weight is 576 g/mol. The van der Waals surface area contributed by atoms with Crippen molar-refractivity contribution < 1.29 is 27.5 Å². The van der Waals surface area contributed by atoms with Crippen molar-refractivity contribution in [2.75, 3.05) is 26.1 Å². The van der Waals surface area contributed by atoms with E-state index in [-0.39, 0.29) is 46.4 Å². The molecule has 0 bridgehead atoms. The summed E-state index contributed by atoms with van der Waals surface area (Å²) in [4.78, 5) is 25.5. The summed E-state index contributed by atoms with van der Waals surface area (Å²) in [6.45, 7) is 6.27. The van der Waals surface area contributed by atoms with E-state index in [4.69, 9.17) is 9.47 Å². The van der Waals surface area contributed by atoms with Gasteiger partial charge in [-0.05, 0) is 35.2 Å². The van der Waals surface area contributed by atoms with Crippen LogP contribution in [0.5, 0.6) is 11.5 Å². The van der Waals surface area contributed by atoms with Crippen LogP contribution >= 0.6 is 0 Å². The van der Waals surface area contributed by atoms with Crippen LogP contribution in [0.25, 0.3) is 0 Å². The van der Waals surface area contributed by atoms with Crippen molar-refractivity contribution in [1.82, 2.24) is 5.32 Å². The smallest absolute Gasteiger partial charge is 0.283 e. The summed E-state index contributed by atoms with van der Waals surface area (Å²) >= 11 is 0. The normalized spacial score (nSPS) is 13.8. The van der Waals surface area contributed by atoms with Crippen molar-refractivity contribution in [2.45, 2.75) is 37.5 Å². The van der Waals surface area contributed by atoms with Crippen LogP contribution < -0.4 is 20.1 Å². The van der Waals surface area contributed by atoms with Crippen LogP contribution in [0.4, 0.5) is 5.69 Å². The van der Waals surface area contributed by atoms with Crippen LogP contribution in [-0.2, 0) is 15.4 Å². The number of benzene rings is 3. The molecule has 0 aliphatic heterocycles. The number of carbonyl (C=O) groups is 2. The van der Waals surface area contributed by atoms with E-state index in [1.165, 1.54) is 20.3 Å². The molecule has 2 N–H and O–H groups in total. The summed E-state index contributed by atoms with van der Waals surface area (Å²) in [5, 5.41) is 6.04. The van der Waals surface area contributed by atoms with Crippen molar-refractivity contribution in [1.29, 1.82) is 0 Å². The van der Waals surface area contributed by atoms with Gasteiger partial charge in [0, 0.05) is 41.9 Å². The fourth-order valence-corrected chi connectivity index (χ4v) is 5.31. The zero-order valence-corrected chi connectivity index (χ0v) is 24.5. The van der Waals surface area contributed by atoms with Gasteiger partial charge in [0.15, 0.2) is 17.3 Å². The SMILES string of the molecule is COc1ccc(NC(CCNC2=CC(=O)c3ccccc3C2=O)=NS(=O)(=O)c2ccc(C(C)(C)C)cc2)cc1OC. The molecular formula is C31H33N3O6S. The first-order valence-corrected chi connectivity index (χ1v) is 14.4. The fourth-order valence-electron chi connectivity index (χ4n) is 4.30. The van der Waals surface area contributed by atoms with Gasteiger partial charge >= 0.3 is 0 Å². The molecule has 41 heavy (non-hydrogen) atoms. The summed E-state index contributed by atoms with van der Waals surface area (Å²) in [6.07, 6.45) is 1.35. The Morgan fingerprint density at radius 1 is 0.878 bits per heavy atom. The molecule has 0 radical (unpaired) electrons. The van der Waals surface area contributed by atoms with E-state index in [9.17, 15) is 18.0 Å². The van der Waals surface area contributed by atoms with E-state index in [1.807, 2.05) is 20.8 Å². The lowest BCUT2D eigenvalue weighted by atomic mass is 9.87. The lowest BCUT2D eigenvalue weighted by Crippen LogP contribution is -2.29. The Morgan fingerprint density at radius 2 is 1.54 bits per heavy atom. The molecule has 0 fully saturated rings. The molecule has 0 amide bonds. The number of nitrogens with zero attached hydrogens (tertiary/aromatic N) is 1. The topological polar surface area (TPSA) is 123 Å². The number of nitrogens with one attached hydrogen (secondary N) is 2. The van der Waals surface area contributed by atoms with Crippen LogP contribution in [0.15, 0.2) is 87.8 Å². The first-order chi connectivity index (χ1) is 19.4. The number of hydrogen-bond donors (Lipinski definition) is 2. The van der Waals surface area contributed by atoms with Crippen molar-refractivity contribution in [2.24, 2.45) is 4.40 Å². The number of anilines is 1. The van der Waals surface area contributed by atoms with E-state index >= 15 is 0 Å². The predicted molar refractivity (Wildman–Crippen MR) is 159 cm³/mol. The second-order valence-corrected chi connectivity index (χ2v) is 12.1. The zero-order chi connectivity index (χ0) is 29.8. The van der Waals surface area contributed by atoms with Crippen molar-refractivity contribution >= 4 is 33.1 Å². The molecule has 0 saturated carbocycles. The Labute approximate surface area is 240 Å². The molecular weight excluding hydrogens is 542 g/mol. The minimum absolute atomic E-state index is 0.0532. The number of fused-ring (bicyclic) bond motifs is 1. The molecule has 1 aliphatic rings. The van der Waals surface area contributed by atoms with Crippen LogP contribution in [0.3, 0.4) is 0 Å². The number of Topliss-reactive ketones (excluding diaryl/α,β-unsaturated/α-hetero) is 1. The Hall–Kier alpha value is -4.44. The van der Waals surface area contributed by atoms with Crippen LogP contribution in [0.2, 0.25) is 0 Å². The number of ether oxygens (including phenoxy) is 2. The van der Waals surface area contributed by atoms with Gasteiger partial charge in [0.25, 0.3) is 10.0 Å². The van der Waals surface area contributed by atoms with Gasteiger partial charge in [-0.15, -0.1) is 4.40 Å². The number of methoxy groups -OCH3 is 2. The van der Waals surface area contributed by atoms with E-state index in [2.05, 4.69) is 15.0 Å². The first-order valence-electron chi connectivity index (χ1n) is 13.0. The highest BCUT2D eigenvalue weighted by atomic mass is 32.2. The number of ketones is 2. The summed E-state index contributed by atoms with van der Waals surface area (Å²) in [5.41, 5.74) is 2.20. The maximum absolute atomic E-state index is 13.3. The Balaban J connectivity index is 1.60. The van der Waals surface area contributed by atoms with E-state index < -0.39 is 10.0 Å².